The van der Waals surface area contributed by atoms with Crippen molar-refractivity contribution in [3.8, 4) is 0 Å². The predicted octanol–water partition coefficient (Wildman–Crippen LogP) is 3.14. The summed E-state index contributed by atoms with van der Waals surface area (Å²) in [5.41, 5.74) is 0.765. The van der Waals surface area contributed by atoms with Crippen molar-refractivity contribution >= 4 is 28.8 Å². The number of carbonyl (C=O) groups excluding carboxylic acids is 1. The van der Waals surface area contributed by atoms with E-state index in [1.165, 1.54) is 12.1 Å². The highest BCUT2D eigenvalue weighted by Gasteiger charge is 2.34. The Morgan fingerprint density at radius 3 is 2.85 bits per heavy atom. The smallest absolute Gasteiger partial charge is 0.285 e. The van der Waals surface area contributed by atoms with Crippen LogP contribution in [-0.4, -0.2) is 27.0 Å². The molecular formula is C13H11ClFN3OS. The van der Waals surface area contributed by atoms with E-state index in [0.717, 1.165) is 29.7 Å². The molecule has 1 aromatic heterocycles. The number of carbonyl (C=O) groups is 1. The normalized spacial score (nSPS) is 14.3. The second kappa shape index (κ2) is 5.46. The van der Waals surface area contributed by atoms with Crippen molar-refractivity contribution < 1.29 is 9.18 Å². The number of hydrogen-bond donors (Lipinski definition) is 0. The van der Waals surface area contributed by atoms with Crippen molar-refractivity contribution in [3.63, 3.8) is 0 Å². The summed E-state index contributed by atoms with van der Waals surface area (Å²) in [5, 5.41) is 7.70. The first kappa shape index (κ1) is 13.5. The summed E-state index contributed by atoms with van der Waals surface area (Å²) in [7, 11) is 0. The van der Waals surface area contributed by atoms with Crippen molar-refractivity contribution in [2.24, 2.45) is 0 Å². The van der Waals surface area contributed by atoms with Gasteiger partial charge in [0.2, 0.25) is 9.47 Å². The lowest BCUT2D eigenvalue weighted by atomic mass is 10.2. The molecule has 0 saturated heterocycles. The molecule has 0 atom stereocenters. The summed E-state index contributed by atoms with van der Waals surface area (Å²) in [4.78, 5) is 14.1. The monoisotopic (exact) mass is 311 g/mol. The van der Waals surface area contributed by atoms with Gasteiger partial charge in [0.1, 0.15) is 5.82 Å². The van der Waals surface area contributed by atoms with Crippen LogP contribution in [0.5, 0.6) is 0 Å². The average Bonchev–Trinajstić information content (AvgIpc) is 3.17. The molecule has 1 fully saturated rings. The molecule has 0 aliphatic heterocycles. The maximum atomic E-state index is 13.2. The Bertz CT molecular complexity index is 644. The Balaban J connectivity index is 1.81. The molecule has 0 spiro atoms. The molecule has 20 heavy (non-hydrogen) atoms. The molecule has 1 heterocycles. The molecule has 0 bridgehead atoms. The van der Waals surface area contributed by atoms with E-state index in [2.05, 4.69) is 10.2 Å². The summed E-state index contributed by atoms with van der Waals surface area (Å²) in [6.45, 7) is 0.373. The molecule has 0 radical (unpaired) electrons. The van der Waals surface area contributed by atoms with Gasteiger partial charge in [-0.25, -0.2) is 4.39 Å². The summed E-state index contributed by atoms with van der Waals surface area (Å²) in [6.07, 6.45) is 1.93. The van der Waals surface area contributed by atoms with Crippen LogP contribution in [0.15, 0.2) is 24.3 Å². The number of rotatable bonds is 4. The second-order valence-electron chi connectivity index (χ2n) is 4.65. The average molecular weight is 312 g/mol. The molecule has 3 rings (SSSR count). The summed E-state index contributed by atoms with van der Waals surface area (Å²) in [5.74, 6) is -0.495. The van der Waals surface area contributed by atoms with Crippen LogP contribution in [0.25, 0.3) is 0 Å². The van der Waals surface area contributed by atoms with Crippen molar-refractivity contribution in [3.05, 3.63) is 45.1 Å². The maximum absolute atomic E-state index is 13.2. The number of halogens is 2. The van der Waals surface area contributed by atoms with Crippen LogP contribution < -0.4 is 0 Å². The number of aromatic nitrogens is 2. The number of nitrogens with zero attached hydrogens (tertiary/aromatic N) is 3. The van der Waals surface area contributed by atoms with Gasteiger partial charge in [-0.2, -0.15) is 0 Å². The summed E-state index contributed by atoms with van der Waals surface area (Å²) in [6, 6.07) is 6.47. The number of hydrogen-bond acceptors (Lipinski definition) is 4. The van der Waals surface area contributed by atoms with E-state index in [1.54, 1.807) is 17.0 Å². The highest BCUT2D eigenvalue weighted by molar-refractivity contribution is 7.17. The molecule has 0 unspecified atom stereocenters. The minimum absolute atomic E-state index is 0.193. The molecule has 2 aromatic rings. The van der Waals surface area contributed by atoms with Crippen molar-refractivity contribution in [2.75, 3.05) is 0 Å². The van der Waals surface area contributed by atoms with E-state index < -0.39 is 0 Å². The van der Waals surface area contributed by atoms with Gasteiger partial charge in [-0.1, -0.05) is 23.5 Å². The van der Waals surface area contributed by atoms with Crippen LogP contribution in [-0.2, 0) is 6.54 Å². The quantitative estimate of drug-likeness (QED) is 0.871. The highest BCUT2D eigenvalue weighted by atomic mass is 35.5. The maximum Gasteiger partial charge on any atom is 0.285 e. The molecule has 1 aliphatic carbocycles. The molecule has 7 heteroatoms. The number of amides is 1. The first-order chi connectivity index (χ1) is 9.63. The third-order valence-corrected chi connectivity index (χ3v) is 4.08. The van der Waals surface area contributed by atoms with Gasteiger partial charge in [0.05, 0.1) is 0 Å². The van der Waals surface area contributed by atoms with Crippen LogP contribution in [0.4, 0.5) is 4.39 Å². The zero-order valence-electron chi connectivity index (χ0n) is 10.4. The fraction of sp³-hybridized carbons (Fsp3) is 0.308. The van der Waals surface area contributed by atoms with Gasteiger partial charge in [-0.05, 0) is 42.1 Å². The van der Waals surface area contributed by atoms with Gasteiger partial charge < -0.3 is 4.90 Å². The minimum atomic E-state index is -0.301. The van der Waals surface area contributed by atoms with E-state index in [0.29, 0.717) is 6.54 Å². The molecule has 0 N–H and O–H groups in total. The topological polar surface area (TPSA) is 46.1 Å². The standard InChI is InChI=1S/C13H11ClFN3OS/c14-13-17-16-11(20-13)12(19)18(10-4-5-10)7-8-2-1-3-9(15)6-8/h1-3,6,10H,4-5,7H2. The van der Waals surface area contributed by atoms with Crippen molar-refractivity contribution in [2.45, 2.75) is 25.4 Å². The van der Waals surface area contributed by atoms with Crippen LogP contribution in [0.3, 0.4) is 0 Å². The van der Waals surface area contributed by atoms with E-state index >= 15 is 0 Å². The van der Waals surface area contributed by atoms with E-state index in [9.17, 15) is 9.18 Å². The van der Waals surface area contributed by atoms with Crippen LogP contribution in [0.2, 0.25) is 4.47 Å². The molecule has 1 amide bonds. The number of benzene rings is 1. The van der Waals surface area contributed by atoms with E-state index in [1.807, 2.05) is 0 Å². The van der Waals surface area contributed by atoms with Gasteiger partial charge in [0.15, 0.2) is 0 Å². The lowest BCUT2D eigenvalue weighted by molar-refractivity contribution is 0.0728. The van der Waals surface area contributed by atoms with Gasteiger partial charge >= 0.3 is 0 Å². The first-order valence-corrected chi connectivity index (χ1v) is 7.37. The van der Waals surface area contributed by atoms with E-state index in [-0.39, 0.29) is 27.2 Å². The van der Waals surface area contributed by atoms with Gasteiger partial charge in [-0.15, -0.1) is 10.2 Å². The van der Waals surface area contributed by atoms with Crippen LogP contribution >= 0.6 is 22.9 Å². The summed E-state index contributed by atoms with van der Waals surface area (Å²) < 4.78 is 13.5. The lowest BCUT2D eigenvalue weighted by Crippen LogP contribution is -2.32. The Morgan fingerprint density at radius 1 is 1.45 bits per heavy atom. The zero-order valence-corrected chi connectivity index (χ0v) is 12.0. The van der Waals surface area contributed by atoms with Gasteiger partial charge in [0, 0.05) is 12.6 Å². The molecular weight excluding hydrogens is 301 g/mol. The summed E-state index contributed by atoms with van der Waals surface area (Å²) >= 11 is 6.77. The minimum Gasteiger partial charge on any atom is -0.329 e. The largest absolute Gasteiger partial charge is 0.329 e. The lowest BCUT2D eigenvalue weighted by Gasteiger charge is -2.21. The third-order valence-electron chi connectivity index (χ3n) is 3.07. The Kier molecular flexibility index (Phi) is 3.67. The van der Waals surface area contributed by atoms with Crippen LogP contribution in [0, 0.1) is 5.82 Å². The third kappa shape index (κ3) is 2.96. The van der Waals surface area contributed by atoms with Gasteiger partial charge in [-0.3, -0.25) is 4.79 Å². The predicted molar refractivity (Wildman–Crippen MR) is 74.2 cm³/mol. The second-order valence-corrected chi connectivity index (χ2v) is 6.21. The van der Waals surface area contributed by atoms with Crippen molar-refractivity contribution in [1.29, 1.82) is 0 Å². The Morgan fingerprint density at radius 2 is 2.25 bits per heavy atom. The molecule has 1 aliphatic rings. The SMILES string of the molecule is O=C(c1nnc(Cl)s1)N(Cc1cccc(F)c1)C1CC1. The fourth-order valence-corrected chi connectivity index (χ4v) is 2.78. The first-order valence-electron chi connectivity index (χ1n) is 6.18. The van der Waals surface area contributed by atoms with Crippen molar-refractivity contribution in [1.82, 2.24) is 15.1 Å². The molecule has 1 aromatic carbocycles. The molecule has 1 saturated carbocycles. The van der Waals surface area contributed by atoms with E-state index in [4.69, 9.17) is 11.6 Å². The Labute approximate surface area is 124 Å². The highest BCUT2D eigenvalue weighted by Crippen LogP contribution is 2.30. The molecule has 104 valence electrons. The zero-order chi connectivity index (χ0) is 14.1. The molecule has 4 nitrogen and oxygen atoms in total. The Hall–Kier alpha value is -1.53. The van der Waals surface area contributed by atoms with Gasteiger partial charge in [0.25, 0.3) is 5.91 Å². The fourth-order valence-electron chi connectivity index (χ4n) is 2.00. The van der Waals surface area contributed by atoms with Crippen LogP contribution in [0.1, 0.15) is 28.2 Å².